The molecular weight excluding hydrogens is 265 g/mol. The minimum absolute atomic E-state index is 0.374. The van der Waals surface area contributed by atoms with Crippen molar-refractivity contribution in [2.45, 2.75) is 19.0 Å². The summed E-state index contributed by atoms with van der Waals surface area (Å²) in [5.41, 5.74) is 3.99. The van der Waals surface area contributed by atoms with Gasteiger partial charge >= 0.3 is 0 Å². The van der Waals surface area contributed by atoms with Crippen molar-refractivity contribution in [1.82, 2.24) is 5.32 Å². The van der Waals surface area contributed by atoms with E-state index >= 15 is 0 Å². The summed E-state index contributed by atoms with van der Waals surface area (Å²) in [7, 11) is 0. The van der Waals surface area contributed by atoms with Crippen LogP contribution in [0, 0.1) is 0 Å². The summed E-state index contributed by atoms with van der Waals surface area (Å²) >= 11 is 12.0. The smallest absolute Gasteiger partial charge is 0.0595 e. The van der Waals surface area contributed by atoms with Gasteiger partial charge in [0.15, 0.2) is 0 Å². The first-order valence-electron chi connectivity index (χ1n) is 5.99. The van der Waals surface area contributed by atoms with Crippen molar-refractivity contribution in [2.24, 2.45) is 0 Å². The van der Waals surface area contributed by atoms with E-state index in [1.165, 1.54) is 16.7 Å². The van der Waals surface area contributed by atoms with Gasteiger partial charge in [0.25, 0.3) is 0 Å². The molecule has 0 spiro atoms. The maximum absolute atomic E-state index is 6.05. The Bertz CT molecular complexity index is 580. The van der Waals surface area contributed by atoms with Gasteiger partial charge in [0.05, 0.1) is 10.0 Å². The van der Waals surface area contributed by atoms with Crippen molar-refractivity contribution in [1.29, 1.82) is 0 Å². The lowest BCUT2D eigenvalue weighted by atomic mass is 9.99. The van der Waals surface area contributed by atoms with Gasteiger partial charge in [-0.2, -0.15) is 0 Å². The van der Waals surface area contributed by atoms with E-state index in [4.69, 9.17) is 23.2 Å². The molecule has 1 atom stereocenters. The van der Waals surface area contributed by atoms with Gasteiger partial charge in [-0.05, 0) is 35.2 Å². The van der Waals surface area contributed by atoms with Crippen LogP contribution in [0.1, 0.15) is 22.7 Å². The first-order chi connectivity index (χ1) is 8.74. The molecule has 0 saturated heterocycles. The lowest BCUT2D eigenvalue weighted by Crippen LogP contribution is -2.14. The van der Waals surface area contributed by atoms with Gasteiger partial charge in [-0.15, -0.1) is 0 Å². The van der Waals surface area contributed by atoms with E-state index in [0.29, 0.717) is 16.1 Å². The fourth-order valence-electron chi connectivity index (χ4n) is 2.46. The molecular formula is C15H13Cl2N. The summed E-state index contributed by atoms with van der Waals surface area (Å²) in [4.78, 5) is 0. The van der Waals surface area contributed by atoms with Crippen LogP contribution in [0.15, 0.2) is 42.5 Å². The fraction of sp³-hybridized carbons (Fsp3) is 0.200. The van der Waals surface area contributed by atoms with E-state index in [1.54, 1.807) is 0 Å². The highest BCUT2D eigenvalue weighted by molar-refractivity contribution is 6.42. The van der Waals surface area contributed by atoms with Crippen molar-refractivity contribution >= 4 is 23.2 Å². The number of benzene rings is 2. The lowest BCUT2D eigenvalue weighted by Gasteiger charge is -2.12. The van der Waals surface area contributed by atoms with Crippen LogP contribution in [-0.2, 0) is 13.0 Å². The van der Waals surface area contributed by atoms with E-state index in [0.717, 1.165) is 13.0 Å². The SMILES string of the molecule is Clc1ccc(CC2NCc3ccccc32)cc1Cl. The third kappa shape index (κ3) is 2.26. The van der Waals surface area contributed by atoms with Gasteiger partial charge in [-0.25, -0.2) is 0 Å². The average Bonchev–Trinajstić information content (AvgIpc) is 2.78. The molecule has 1 unspecified atom stereocenters. The number of hydrogen-bond donors (Lipinski definition) is 1. The average molecular weight is 278 g/mol. The summed E-state index contributed by atoms with van der Waals surface area (Å²) < 4.78 is 0. The molecule has 92 valence electrons. The van der Waals surface area contributed by atoms with Crippen LogP contribution in [0.4, 0.5) is 0 Å². The zero-order valence-electron chi connectivity index (χ0n) is 9.79. The maximum atomic E-state index is 6.05. The van der Waals surface area contributed by atoms with Gasteiger partial charge in [0.1, 0.15) is 0 Å². The standard InChI is InChI=1S/C15H13Cl2N/c16-13-6-5-10(7-14(13)17)8-15-12-4-2-1-3-11(12)9-18-15/h1-7,15,18H,8-9H2. The zero-order chi connectivity index (χ0) is 12.5. The normalized spacial score (nSPS) is 17.8. The molecule has 1 aliphatic heterocycles. The van der Waals surface area contributed by atoms with Gasteiger partial charge in [0.2, 0.25) is 0 Å². The molecule has 1 aliphatic rings. The second-order valence-corrected chi connectivity index (χ2v) is 5.40. The van der Waals surface area contributed by atoms with Crippen LogP contribution in [0.25, 0.3) is 0 Å². The first-order valence-corrected chi connectivity index (χ1v) is 6.75. The van der Waals surface area contributed by atoms with Gasteiger partial charge < -0.3 is 5.32 Å². The maximum Gasteiger partial charge on any atom is 0.0595 e. The van der Waals surface area contributed by atoms with E-state index in [9.17, 15) is 0 Å². The predicted molar refractivity (Wildman–Crippen MR) is 76.2 cm³/mol. The Morgan fingerprint density at radius 3 is 2.72 bits per heavy atom. The van der Waals surface area contributed by atoms with E-state index in [-0.39, 0.29) is 0 Å². The quantitative estimate of drug-likeness (QED) is 0.859. The number of rotatable bonds is 2. The number of hydrogen-bond acceptors (Lipinski definition) is 1. The Morgan fingerprint density at radius 2 is 1.89 bits per heavy atom. The molecule has 2 aromatic carbocycles. The van der Waals surface area contributed by atoms with Crippen LogP contribution < -0.4 is 5.32 Å². The minimum atomic E-state index is 0.374. The first kappa shape index (κ1) is 12.0. The van der Waals surface area contributed by atoms with E-state index < -0.39 is 0 Å². The largest absolute Gasteiger partial charge is 0.306 e. The van der Waals surface area contributed by atoms with E-state index in [2.05, 4.69) is 29.6 Å². The molecule has 1 heterocycles. The van der Waals surface area contributed by atoms with Crippen molar-refractivity contribution < 1.29 is 0 Å². The van der Waals surface area contributed by atoms with Crippen molar-refractivity contribution in [3.05, 3.63) is 69.2 Å². The molecule has 0 aromatic heterocycles. The van der Waals surface area contributed by atoms with Gasteiger partial charge in [0, 0.05) is 12.6 Å². The molecule has 0 fully saturated rings. The molecule has 0 aliphatic carbocycles. The minimum Gasteiger partial charge on any atom is -0.306 e. The van der Waals surface area contributed by atoms with Crippen LogP contribution in [-0.4, -0.2) is 0 Å². The van der Waals surface area contributed by atoms with Crippen LogP contribution in [0.5, 0.6) is 0 Å². The Balaban J connectivity index is 1.84. The molecule has 3 heteroatoms. The summed E-state index contributed by atoms with van der Waals surface area (Å²) in [5.74, 6) is 0. The van der Waals surface area contributed by atoms with Crippen molar-refractivity contribution in [2.75, 3.05) is 0 Å². The van der Waals surface area contributed by atoms with Crippen LogP contribution in [0.3, 0.4) is 0 Å². The Labute approximate surface area is 117 Å². The predicted octanol–water partition coefficient (Wildman–Crippen LogP) is 4.38. The Hall–Kier alpha value is -1.02. The molecule has 3 rings (SSSR count). The molecule has 1 nitrogen and oxygen atoms in total. The summed E-state index contributed by atoms with van der Waals surface area (Å²) in [6, 6.07) is 14.8. The third-order valence-corrected chi connectivity index (χ3v) is 4.13. The molecule has 0 amide bonds. The van der Waals surface area contributed by atoms with Crippen molar-refractivity contribution in [3.8, 4) is 0 Å². The van der Waals surface area contributed by atoms with Gasteiger partial charge in [-0.1, -0.05) is 53.5 Å². The molecule has 0 bridgehead atoms. The monoisotopic (exact) mass is 277 g/mol. The van der Waals surface area contributed by atoms with Crippen LogP contribution >= 0.6 is 23.2 Å². The molecule has 0 saturated carbocycles. The molecule has 1 N–H and O–H groups in total. The zero-order valence-corrected chi connectivity index (χ0v) is 11.3. The second kappa shape index (κ2) is 4.93. The second-order valence-electron chi connectivity index (χ2n) is 4.58. The summed E-state index contributed by atoms with van der Waals surface area (Å²) in [6.45, 7) is 0.947. The molecule has 2 aromatic rings. The van der Waals surface area contributed by atoms with Crippen LogP contribution in [0.2, 0.25) is 10.0 Å². The Morgan fingerprint density at radius 1 is 1.06 bits per heavy atom. The summed E-state index contributed by atoms with van der Waals surface area (Å²) in [6.07, 6.45) is 0.938. The van der Waals surface area contributed by atoms with Gasteiger partial charge in [-0.3, -0.25) is 0 Å². The summed E-state index contributed by atoms with van der Waals surface area (Å²) in [5, 5.41) is 4.77. The lowest BCUT2D eigenvalue weighted by molar-refractivity contribution is 0.581. The highest BCUT2D eigenvalue weighted by atomic mass is 35.5. The highest BCUT2D eigenvalue weighted by Gasteiger charge is 2.21. The number of halogens is 2. The molecule has 0 radical (unpaired) electrons. The number of nitrogens with one attached hydrogen (secondary N) is 1. The highest BCUT2D eigenvalue weighted by Crippen LogP contribution is 2.30. The molecule has 18 heavy (non-hydrogen) atoms. The topological polar surface area (TPSA) is 12.0 Å². The van der Waals surface area contributed by atoms with Crippen molar-refractivity contribution in [3.63, 3.8) is 0 Å². The number of fused-ring (bicyclic) bond motifs is 1. The third-order valence-electron chi connectivity index (χ3n) is 3.39. The fourth-order valence-corrected chi connectivity index (χ4v) is 2.78. The Kier molecular flexibility index (Phi) is 3.29. The van der Waals surface area contributed by atoms with E-state index in [1.807, 2.05) is 18.2 Å².